The summed E-state index contributed by atoms with van der Waals surface area (Å²) in [7, 11) is 1.78. The third-order valence-electron chi connectivity index (χ3n) is 8.70. The van der Waals surface area contributed by atoms with E-state index in [1.807, 2.05) is 6.07 Å². The van der Waals surface area contributed by atoms with Gasteiger partial charge in [0.2, 0.25) is 0 Å². The van der Waals surface area contributed by atoms with Crippen LogP contribution in [0.4, 0.5) is 25.3 Å². The first-order valence-corrected chi connectivity index (χ1v) is 15.1. The average Bonchev–Trinajstić information content (AvgIpc) is 3.54. The van der Waals surface area contributed by atoms with E-state index in [1.165, 1.54) is 32.0 Å². The molecule has 0 bridgehead atoms. The number of nitriles is 1. The molecule has 9 nitrogen and oxygen atoms in total. The molecule has 0 radical (unpaired) electrons. The number of hydrogen-bond acceptors (Lipinski definition) is 9. The van der Waals surface area contributed by atoms with Crippen molar-refractivity contribution >= 4 is 50.4 Å². The van der Waals surface area contributed by atoms with E-state index < -0.39 is 17.2 Å². The van der Waals surface area contributed by atoms with Gasteiger partial charge in [0, 0.05) is 67.3 Å². The van der Waals surface area contributed by atoms with Crippen LogP contribution in [0, 0.1) is 28.4 Å². The van der Waals surface area contributed by atoms with Crippen molar-refractivity contribution < 1.29 is 23.5 Å². The van der Waals surface area contributed by atoms with E-state index in [0.29, 0.717) is 76.2 Å². The highest BCUT2D eigenvalue weighted by Crippen LogP contribution is 2.46. The summed E-state index contributed by atoms with van der Waals surface area (Å²) < 4.78 is 29.4. The number of carbonyl (C=O) groups excluding carboxylic acids is 2. The summed E-state index contributed by atoms with van der Waals surface area (Å²) in [5, 5.41) is 20.9. The summed E-state index contributed by atoms with van der Waals surface area (Å²) >= 11 is 1.16. The molecule has 4 heterocycles. The van der Waals surface area contributed by atoms with Crippen LogP contribution in [0.1, 0.15) is 41.2 Å². The number of ketones is 1. The van der Waals surface area contributed by atoms with E-state index in [-0.39, 0.29) is 34.7 Å². The minimum absolute atomic E-state index is 0.0845. The van der Waals surface area contributed by atoms with Crippen molar-refractivity contribution in [3.63, 3.8) is 0 Å². The molecule has 2 aromatic heterocycles. The Bertz CT molecular complexity index is 1910. The molecule has 12 heteroatoms. The van der Waals surface area contributed by atoms with E-state index in [4.69, 9.17) is 4.98 Å². The van der Waals surface area contributed by atoms with Gasteiger partial charge in [0.15, 0.2) is 16.7 Å². The van der Waals surface area contributed by atoms with Gasteiger partial charge in [0.05, 0.1) is 5.69 Å². The first-order chi connectivity index (χ1) is 20.9. The fourth-order valence-corrected chi connectivity index (χ4v) is 7.44. The van der Waals surface area contributed by atoms with Gasteiger partial charge >= 0.3 is 0 Å². The normalized spacial score (nSPS) is 17.0. The maximum atomic E-state index is 15.8. The fraction of sp³-hybridized carbons (Fsp3) is 0.344. The van der Waals surface area contributed by atoms with E-state index in [9.17, 15) is 24.3 Å². The molecular weight excluding hydrogens is 586 g/mol. The molecule has 3 aliphatic rings. The summed E-state index contributed by atoms with van der Waals surface area (Å²) in [5.41, 5.74) is 1.81. The Labute approximate surface area is 256 Å². The number of hydrogen-bond donors (Lipinski definition) is 1. The van der Waals surface area contributed by atoms with Gasteiger partial charge in [-0.2, -0.15) is 5.26 Å². The molecule has 2 fully saturated rings. The summed E-state index contributed by atoms with van der Waals surface area (Å²) in [6.45, 7) is 5.30. The Morgan fingerprint density at radius 3 is 2.45 bits per heavy atom. The van der Waals surface area contributed by atoms with E-state index in [1.54, 1.807) is 29.0 Å². The molecule has 0 saturated carbocycles. The van der Waals surface area contributed by atoms with Crippen molar-refractivity contribution in [1.29, 1.82) is 5.26 Å². The van der Waals surface area contributed by atoms with Crippen LogP contribution in [0.15, 0.2) is 36.4 Å². The van der Waals surface area contributed by atoms with Gasteiger partial charge in [-0.15, -0.1) is 0 Å². The smallest absolute Gasteiger partial charge is 0.253 e. The number of Topliss-reactive ketones (excluding diaryl/α,β-unsaturated/α-hetero) is 1. The highest BCUT2D eigenvalue weighted by Gasteiger charge is 2.54. The summed E-state index contributed by atoms with van der Waals surface area (Å²) in [5.74, 6) is -1.40. The molecule has 1 N–H and O–H groups in total. The van der Waals surface area contributed by atoms with Gasteiger partial charge in [-0.25, -0.2) is 18.7 Å². The van der Waals surface area contributed by atoms with E-state index in [2.05, 4.69) is 16.0 Å². The van der Waals surface area contributed by atoms with E-state index in [0.717, 1.165) is 11.3 Å². The second-order valence-corrected chi connectivity index (χ2v) is 13.4. The molecule has 2 saturated heterocycles. The van der Waals surface area contributed by atoms with Crippen molar-refractivity contribution in [3.05, 3.63) is 64.2 Å². The summed E-state index contributed by atoms with van der Waals surface area (Å²) in [4.78, 5) is 40.3. The Hall–Kier alpha value is -4.47. The molecule has 0 atom stereocenters. The lowest BCUT2D eigenvalue weighted by molar-refractivity contribution is -0.162. The Kier molecular flexibility index (Phi) is 6.29. The van der Waals surface area contributed by atoms with Gasteiger partial charge in [-0.1, -0.05) is 11.3 Å². The number of rotatable bonds is 5. The average molecular weight is 615 g/mol. The number of likely N-dealkylation sites (tertiary alicyclic amines) is 1. The second-order valence-electron chi connectivity index (χ2n) is 12.5. The van der Waals surface area contributed by atoms with Crippen LogP contribution >= 0.6 is 11.3 Å². The standard InChI is InChI=1S/C32H28F2N6O3S/c1-31(2,43)29(42)40-15-32(16-40)13-39(14-32)19-10-21-26(22(34)11-19)36-27-20(8-9-23(27)41)28(21)38(3)30-37-25(24(12-35)44-30)17-4-6-18(33)7-5-17/h4-7,10-11,43H,8-9,13-16H2,1-3H3. The number of halogens is 2. The van der Waals surface area contributed by atoms with Crippen LogP contribution < -0.4 is 9.80 Å². The molecule has 44 heavy (non-hydrogen) atoms. The highest BCUT2D eigenvalue weighted by atomic mass is 32.1. The van der Waals surface area contributed by atoms with Crippen LogP contribution in [-0.2, 0) is 11.2 Å². The number of carbonyl (C=O) groups is 2. The molecule has 0 unspecified atom stereocenters. The summed E-state index contributed by atoms with van der Waals surface area (Å²) in [6.07, 6.45) is 0.715. The molecule has 7 rings (SSSR count). The molecule has 4 aromatic rings. The number of aliphatic hydroxyl groups is 1. The van der Waals surface area contributed by atoms with Gasteiger partial charge in [-0.05, 0) is 56.7 Å². The number of nitrogens with zero attached hydrogens (tertiary/aromatic N) is 6. The largest absolute Gasteiger partial charge is 0.381 e. The minimum Gasteiger partial charge on any atom is -0.381 e. The van der Waals surface area contributed by atoms with Crippen LogP contribution in [0.3, 0.4) is 0 Å². The summed E-state index contributed by atoms with van der Waals surface area (Å²) in [6, 6.07) is 11.2. The highest BCUT2D eigenvalue weighted by molar-refractivity contribution is 7.16. The maximum absolute atomic E-state index is 15.8. The zero-order valence-corrected chi connectivity index (χ0v) is 25.1. The molecule has 2 aliphatic heterocycles. The first kappa shape index (κ1) is 28.3. The zero-order chi connectivity index (χ0) is 31.1. The minimum atomic E-state index is -1.42. The third kappa shape index (κ3) is 4.41. The molecule has 1 aliphatic carbocycles. The monoisotopic (exact) mass is 614 g/mol. The van der Waals surface area contributed by atoms with Gasteiger partial charge in [0.25, 0.3) is 5.91 Å². The topological polar surface area (TPSA) is 114 Å². The van der Waals surface area contributed by atoms with Crippen molar-refractivity contribution in [2.24, 2.45) is 5.41 Å². The molecule has 224 valence electrons. The lowest BCUT2D eigenvalue weighted by atomic mass is 9.72. The van der Waals surface area contributed by atoms with Crippen molar-refractivity contribution in [3.8, 4) is 17.3 Å². The third-order valence-corrected chi connectivity index (χ3v) is 9.74. The molecule has 1 amide bonds. The lowest BCUT2D eigenvalue weighted by Gasteiger charge is -2.61. The lowest BCUT2D eigenvalue weighted by Crippen LogP contribution is -2.74. The number of aromatic nitrogens is 2. The number of benzene rings is 2. The van der Waals surface area contributed by atoms with Crippen LogP contribution in [-0.4, -0.2) is 70.5 Å². The molecule has 2 aromatic carbocycles. The van der Waals surface area contributed by atoms with Crippen LogP contribution in [0.5, 0.6) is 0 Å². The molecular formula is C32H28F2N6O3S. The predicted octanol–water partition coefficient (Wildman–Crippen LogP) is 4.82. The predicted molar refractivity (Wildman–Crippen MR) is 162 cm³/mol. The van der Waals surface area contributed by atoms with Crippen LogP contribution in [0.25, 0.3) is 22.2 Å². The maximum Gasteiger partial charge on any atom is 0.253 e. The van der Waals surface area contributed by atoms with Crippen molar-refractivity contribution in [2.45, 2.75) is 32.3 Å². The Morgan fingerprint density at radius 2 is 1.80 bits per heavy atom. The fourth-order valence-electron chi connectivity index (χ4n) is 6.59. The SMILES string of the molecule is CN(c1nc(-c2ccc(F)cc2)c(C#N)s1)c1c2c(nc3c(F)cc(N4CC5(CN(C(=O)C(C)(C)O)C5)C4)cc13)C(=O)CC2. The Morgan fingerprint density at radius 1 is 1.09 bits per heavy atom. The number of amides is 1. The van der Waals surface area contributed by atoms with Crippen molar-refractivity contribution in [2.75, 3.05) is 43.0 Å². The Balaban J connectivity index is 1.26. The van der Waals surface area contributed by atoms with Crippen molar-refractivity contribution in [1.82, 2.24) is 14.9 Å². The van der Waals surface area contributed by atoms with E-state index >= 15 is 4.39 Å². The number of fused-ring (bicyclic) bond motifs is 2. The quantitative estimate of drug-likeness (QED) is 0.340. The van der Waals surface area contributed by atoms with Gasteiger partial charge in [0.1, 0.15) is 39.3 Å². The number of anilines is 3. The number of thiazole rings is 1. The first-order valence-electron chi connectivity index (χ1n) is 14.2. The number of pyridine rings is 1. The molecule has 1 spiro atoms. The van der Waals surface area contributed by atoms with Crippen LogP contribution in [0.2, 0.25) is 0 Å². The van der Waals surface area contributed by atoms with Gasteiger partial charge in [-0.3, -0.25) is 9.59 Å². The zero-order valence-electron chi connectivity index (χ0n) is 24.3. The second kappa shape index (κ2) is 9.77. The van der Waals surface area contributed by atoms with Gasteiger partial charge < -0.3 is 19.8 Å².